The lowest BCUT2D eigenvalue weighted by Gasteiger charge is -2.38. The summed E-state index contributed by atoms with van der Waals surface area (Å²) >= 11 is 0. The third-order valence-electron chi connectivity index (χ3n) is 5.62. The van der Waals surface area contributed by atoms with Gasteiger partial charge in [0.25, 0.3) is 0 Å². The molecule has 2 atom stereocenters. The first-order chi connectivity index (χ1) is 13.6. The Hall–Kier alpha value is -2.62. The van der Waals surface area contributed by atoms with Crippen LogP contribution in [0.5, 0.6) is 0 Å². The van der Waals surface area contributed by atoms with Gasteiger partial charge in [-0.05, 0) is 24.0 Å². The van der Waals surface area contributed by atoms with E-state index in [0.29, 0.717) is 26.2 Å². The van der Waals surface area contributed by atoms with Crippen molar-refractivity contribution in [1.29, 1.82) is 0 Å². The predicted molar refractivity (Wildman–Crippen MR) is 111 cm³/mol. The van der Waals surface area contributed by atoms with Gasteiger partial charge in [0.2, 0.25) is 11.8 Å². The summed E-state index contributed by atoms with van der Waals surface area (Å²) in [5, 5.41) is 0. The second kappa shape index (κ2) is 9.54. The highest BCUT2D eigenvalue weighted by Gasteiger charge is 2.35. The summed E-state index contributed by atoms with van der Waals surface area (Å²) in [6, 6.07) is 20.1. The molecule has 0 aromatic heterocycles. The summed E-state index contributed by atoms with van der Waals surface area (Å²) in [6.07, 6.45) is 1.47. The van der Waals surface area contributed by atoms with E-state index in [1.165, 1.54) is 0 Å². The maximum atomic E-state index is 13.3. The van der Waals surface area contributed by atoms with Crippen molar-refractivity contribution in [2.75, 3.05) is 13.1 Å². The zero-order valence-electron chi connectivity index (χ0n) is 16.9. The Morgan fingerprint density at radius 1 is 0.679 bits per heavy atom. The highest BCUT2D eigenvalue weighted by Crippen LogP contribution is 2.23. The first-order valence-corrected chi connectivity index (χ1v) is 10.3. The average molecular weight is 379 g/mol. The highest BCUT2D eigenvalue weighted by molar-refractivity contribution is 5.84. The normalized spacial score (nSPS) is 20.8. The summed E-state index contributed by atoms with van der Waals surface area (Å²) in [5.74, 6) is 0.00842. The minimum atomic E-state index is -0.158. The molecule has 28 heavy (non-hydrogen) atoms. The lowest BCUT2D eigenvalue weighted by molar-refractivity contribution is -0.148. The van der Waals surface area contributed by atoms with Crippen LogP contribution in [0.15, 0.2) is 60.7 Å². The Balaban J connectivity index is 1.83. The van der Waals surface area contributed by atoms with Crippen LogP contribution >= 0.6 is 0 Å². The van der Waals surface area contributed by atoms with Crippen molar-refractivity contribution < 1.29 is 9.59 Å². The van der Waals surface area contributed by atoms with Gasteiger partial charge < -0.3 is 9.80 Å². The molecule has 0 spiro atoms. The van der Waals surface area contributed by atoms with Crippen LogP contribution in [0.4, 0.5) is 0 Å². The number of hydrogen-bond donors (Lipinski definition) is 0. The van der Waals surface area contributed by atoms with Crippen LogP contribution in [-0.4, -0.2) is 34.7 Å². The molecule has 3 rings (SSSR count). The summed E-state index contributed by atoms with van der Waals surface area (Å²) < 4.78 is 0. The number of rotatable bonds is 6. The minimum absolute atomic E-state index is 0.158. The first kappa shape index (κ1) is 20.1. The van der Waals surface area contributed by atoms with Gasteiger partial charge in [0, 0.05) is 26.2 Å². The molecular weight excluding hydrogens is 348 g/mol. The third kappa shape index (κ3) is 4.80. The number of hydrogen-bond acceptors (Lipinski definition) is 2. The molecule has 2 unspecified atom stereocenters. The van der Waals surface area contributed by atoms with E-state index in [4.69, 9.17) is 0 Å². The Kier molecular flexibility index (Phi) is 6.85. The van der Waals surface area contributed by atoms with E-state index in [-0.39, 0.29) is 23.7 Å². The molecule has 0 aliphatic carbocycles. The highest BCUT2D eigenvalue weighted by atomic mass is 16.2. The van der Waals surface area contributed by atoms with Crippen LogP contribution in [-0.2, 0) is 22.7 Å². The SMILES string of the molecule is CCC1CN(Cc2ccccc2)C(=O)C(CC)CN(Cc2ccccc2)C1=O. The zero-order chi connectivity index (χ0) is 19.9. The molecule has 4 heteroatoms. The summed E-state index contributed by atoms with van der Waals surface area (Å²) in [5.41, 5.74) is 2.21. The van der Waals surface area contributed by atoms with Crippen molar-refractivity contribution in [1.82, 2.24) is 9.80 Å². The lowest BCUT2D eigenvalue weighted by Crippen LogP contribution is -2.51. The smallest absolute Gasteiger partial charge is 0.227 e. The Bertz CT molecular complexity index is 708. The van der Waals surface area contributed by atoms with Crippen molar-refractivity contribution >= 4 is 11.8 Å². The molecule has 2 aromatic rings. The Labute approximate surface area is 168 Å². The predicted octanol–water partition coefficient (Wildman–Crippen LogP) is 4.11. The molecule has 1 heterocycles. The zero-order valence-corrected chi connectivity index (χ0v) is 16.9. The largest absolute Gasteiger partial charge is 0.337 e. The van der Waals surface area contributed by atoms with Crippen LogP contribution in [0.1, 0.15) is 37.8 Å². The molecule has 1 aliphatic heterocycles. The van der Waals surface area contributed by atoms with E-state index >= 15 is 0 Å². The van der Waals surface area contributed by atoms with Crippen LogP contribution in [0, 0.1) is 11.8 Å². The van der Waals surface area contributed by atoms with Crippen molar-refractivity contribution in [3.63, 3.8) is 0 Å². The fraction of sp³-hybridized carbons (Fsp3) is 0.417. The molecule has 1 aliphatic rings. The standard InChI is InChI=1S/C24H30N2O2/c1-3-21-17-25(15-19-11-7-5-8-12-19)24(28)22(4-2)18-26(23(21)27)16-20-13-9-6-10-14-20/h5-14,21-22H,3-4,15-18H2,1-2H3. The van der Waals surface area contributed by atoms with Gasteiger partial charge in [-0.25, -0.2) is 0 Å². The lowest BCUT2D eigenvalue weighted by atomic mass is 9.95. The van der Waals surface area contributed by atoms with E-state index in [0.717, 1.165) is 24.0 Å². The average Bonchev–Trinajstić information content (AvgIpc) is 2.74. The molecule has 1 fully saturated rings. The van der Waals surface area contributed by atoms with Gasteiger partial charge >= 0.3 is 0 Å². The van der Waals surface area contributed by atoms with Crippen LogP contribution < -0.4 is 0 Å². The van der Waals surface area contributed by atoms with Gasteiger partial charge in [-0.1, -0.05) is 74.5 Å². The van der Waals surface area contributed by atoms with Crippen LogP contribution in [0.25, 0.3) is 0 Å². The van der Waals surface area contributed by atoms with E-state index in [9.17, 15) is 9.59 Å². The van der Waals surface area contributed by atoms with E-state index in [1.54, 1.807) is 0 Å². The van der Waals surface area contributed by atoms with E-state index in [2.05, 4.69) is 0 Å². The van der Waals surface area contributed by atoms with Crippen molar-refractivity contribution in [3.8, 4) is 0 Å². The molecule has 2 aromatic carbocycles. The number of carbonyl (C=O) groups excluding carboxylic acids is 2. The van der Waals surface area contributed by atoms with Crippen molar-refractivity contribution in [2.45, 2.75) is 39.8 Å². The van der Waals surface area contributed by atoms with Crippen molar-refractivity contribution in [3.05, 3.63) is 71.8 Å². The van der Waals surface area contributed by atoms with Gasteiger partial charge in [-0.15, -0.1) is 0 Å². The number of carbonyl (C=O) groups is 2. The molecule has 0 N–H and O–H groups in total. The molecule has 148 valence electrons. The topological polar surface area (TPSA) is 40.6 Å². The second-order valence-corrected chi connectivity index (χ2v) is 7.62. The molecule has 0 bridgehead atoms. The fourth-order valence-electron chi connectivity index (χ4n) is 3.88. The number of benzene rings is 2. The van der Waals surface area contributed by atoms with Crippen LogP contribution in [0.3, 0.4) is 0 Å². The Morgan fingerprint density at radius 2 is 1.04 bits per heavy atom. The van der Waals surface area contributed by atoms with Crippen LogP contribution in [0.2, 0.25) is 0 Å². The van der Waals surface area contributed by atoms with E-state index < -0.39 is 0 Å². The first-order valence-electron chi connectivity index (χ1n) is 10.3. The molecule has 4 nitrogen and oxygen atoms in total. The van der Waals surface area contributed by atoms with E-state index in [1.807, 2.05) is 84.3 Å². The second-order valence-electron chi connectivity index (χ2n) is 7.62. The molecule has 1 saturated heterocycles. The molecule has 0 radical (unpaired) electrons. The maximum absolute atomic E-state index is 13.3. The van der Waals surface area contributed by atoms with Gasteiger partial charge in [0.15, 0.2) is 0 Å². The van der Waals surface area contributed by atoms with Gasteiger partial charge in [0.1, 0.15) is 0 Å². The fourth-order valence-corrected chi connectivity index (χ4v) is 3.88. The summed E-state index contributed by atoms with van der Waals surface area (Å²) in [4.78, 5) is 30.4. The van der Waals surface area contributed by atoms with Gasteiger partial charge in [-0.2, -0.15) is 0 Å². The summed E-state index contributed by atoms with van der Waals surface area (Å²) in [6.45, 7) is 6.19. The molecule has 2 amide bonds. The number of amides is 2. The van der Waals surface area contributed by atoms with Crippen molar-refractivity contribution in [2.24, 2.45) is 11.8 Å². The maximum Gasteiger partial charge on any atom is 0.227 e. The van der Waals surface area contributed by atoms with Gasteiger partial charge in [0.05, 0.1) is 11.8 Å². The quantitative estimate of drug-likeness (QED) is 0.759. The Morgan fingerprint density at radius 3 is 1.36 bits per heavy atom. The molecular formula is C24H30N2O2. The van der Waals surface area contributed by atoms with Gasteiger partial charge in [-0.3, -0.25) is 9.59 Å². The molecule has 0 saturated carbocycles. The number of nitrogens with zero attached hydrogens (tertiary/aromatic N) is 2. The minimum Gasteiger partial charge on any atom is -0.337 e. The third-order valence-corrected chi connectivity index (χ3v) is 5.62. The summed E-state index contributed by atoms with van der Waals surface area (Å²) in [7, 11) is 0. The monoisotopic (exact) mass is 378 g/mol.